The number of fused-ring (bicyclic) bond motifs is 2. The monoisotopic (exact) mass is 675 g/mol. The zero-order valence-electron chi connectivity index (χ0n) is 25.3. The van der Waals surface area contributed by atoms with Crippen LogP contribution in [0.4, 0.5) is 16.4 Å². The van der Waals surface area contributed by atoms with Crippen molar-refractivity contribution in [1.82, 2.24) is 10.4 Å². The van der Waals surface area contributed by atoms with Crippen molar-refractivity contribution in [2.45, 2.75) is 23.6 Å². The number of thiophene rings is 1. The molecule has 7 rings (SSSR count). The smallest absolute Gasteiger partial charge is 0.273 e. The number of aliphatic imine (C=N–C) groups is 1. The average molecular weight is 676 g/mol. The normalized spacial score (nSPS) is 18.5. The molecule has 2 aliphatic heterocycles. The third kappa shape index (κ3) is 6.42. The van der Waals surface area contributed by atoms with E-state index in [1.807, 2.05) is 114 Å². The van der Waals surface area contributed by atoms with Gasteiger partial charge in [0.2, 0.25) is 0 Å². The Bertz CT molecular complexity index is 2000. The second kappa shape index (κ2) is 13.5. The van der Waals surface area contributed by atoms with Gasteiger partial charge in [0.05, 0.1) is 28.2 Å². The van der Waals surface area contributed by atoms with Gasteiger partial charge in [0.25, 0.3) is 11.8 Å². The van der Waals surface area contributed by atoms with Gasteiger partial charge in [0, 0.05) is 10.6 Å². The number of amides is 2. The lowest BCUT2D eigenvalue weighted by Gasteiger charge is -2.26. The number of carbonyl (C=O) groups excluding carboxylic acids is 2. The summed E-state index contributed by atoms with van der Waals surface area (Å²) in [4.78, 5) is 32.5. The number of halogens is 1. The van der Waals surface area contributed by atoms with E-state index in [0.29, 0.717) is 27.0 Å². The molecule has 10 heteroatoms. The SMILES string of the molecule is Cc1csc(NC(=O)c2ccccc2)c1C(=O)NN1C2=Nc3ccccc3NC(c3ccccc3Cl)C2SC1/C=C/c1ccccc1. The molecule has 234 valence electrons. The average Bonchev–Trinajstić information content (AvgIpc) is 3.57. The van der Waals surface area contributed by atoms with Crippen LogP contribution >= 0.6 is 34.7 Å². The molecule has 3 atom stereocenters. The largest absolute Gasteiger partial charge is 0.375 e. The van der Waals surface area contributed by atoms with Crippen LogP contribution in [0.15, 0.2) is 126 Å². The Balaban J connectivity index is 1.28. The first-order valence-corrected chi connectivity index (χ1v) is 17.3. The predicted molar refractivity (Wildman–Crippen MR) is 195 cm³/mol. The molecule has 0 saturated carbocycles. The van der Waals surface area contributed by atoms with Crippen LogP contribution < -0.4 is 16.1 Å². The number of aryl methyl sites for hydroxylation is 1. The zero-order valence-corrected chi connectivity index (χ0v) is 27.7. The van der Waals surface area contributed by atoms with Crippen LogP contribution in [-0.4, -0.2) is 33.3 Å². The van der Waals surface area contributed by atoms with Crippen LogP contribution in [0.2, 0.25) is 5.02 Å². The predicted octanol–water partition coefficient (Wildman–Crippen LogP) is 8.96. The van der Waals surface area contributed by atoms with Crippen LogP contribution in [0.3, 0.4) is 0 Å². The first-order valence-electron chi connectivity index (χ1n) is 15.1. The number of thioether (sulfide) groups is 1. The molecule has 0 spiro atoms. The van der Waals surface area contributed by atoms with Gasteiger partial charge in [0.1, 0.15) is 16.2 Å². The summed E-state index contributed by atoms with van der Waals surface area (Å²) in [6.07, 6.45) is 4.13. The number of hydrogen-bond donors (Lipinski definition) is 3. The molecule has 3 N–H and O–H groups in total. The number of rotatable bonds is 7. The lowest BCUT2D eigenvalue weighted by atomic mass is 10.0. The van der Waals surface area contributed by atoms with Gasteiger partial charge >= 0.3 is 0 Å². The van der Waals surface area contributed by atoms with Crippen molar-refractivity contribution in [3.63, 3.8) is 0 Å². The quantitative estimate of drug-likeness (QED) is 0.160. The van der Waals surface area contributed by atoms with Gasteiger partial charge in [-0.15, -0.1) is 23.1 Å². The molecule has 1 saturated heterocycles. The Hall–Kier alpha value is -4.83. The highest BCUT2D eigenvalue weighted by molar-refractivity contribution is 8.01. The molecule has 2 amide bonds. The van der Waals surface area contributed by atoms with Gasteiger partial charge in [-0.05, 0) is 65.4 Å². The minimum Gasteiger partial charge on any atom is -0.375 e. The summed E-state index contributed by atoms with van der Waals surface area (Å²) in [7, 11) is 0. The third-order valence-corrected chi connectivity index (χ3v) is 10.8. The molecule has 2 aliphatic rings. The summed E-state index contributed by atoms with van der Waals surface area (Å²) >= 11 is 9.80. The lowest BCUT2D eigenvalue weighted by molar-refractivity contribution is 0.0873. The highest BCUT2D eigenvalue weighted by atomic mass is 35.5. The van der Waals surface area contributed by atoms with Crippen molar-refractivity contribution >= 4 is 74.8 Å². The number of benzene rings is 4. The highest BCUT2D eigenvalue weighted by Crippen LogP contribution is 2.46. The molecule has 5 aromatic rings. The molecule has 0 radical (unpaired) electrons. The molecule has 3 heterocycles. The molecule has 0 bridgehead atoms. The lowest BCUT2D eigenvalue weighted by Crippen LogP contribution is -2.48. The van der Waals surface area contributed by atoms with Crippen LogP contribution in [0.5, 0.6) is 0 Å². The summed E-state index contributed by atoms with van der Waals surface area (Å²) in [5.41, 5.74) is 8.50. The number of hydrazine groups is 1. The summed E-state index contributed by atoms with van der Waals surface area (Å²) in [5.74, 6) is 0.0745. The molecule has 7 nitrogen and oxygen atoms in total. The van der Waals surface area contributed by atoms with E-state index in [2.05, 4.69) is 28.2 Å². The Morgan fingerprint density at radius 1 is 0.894 bits per heavy atom. The van der Waals surface area contributed by atoms with Crippen LogP contribution in [-0.2, 0) is 0 Å². The second-order valence-corrected chi connectivity index (χ2v) is 13.7. The van der Waals surface area contributed by atoms with Crippen molar-refractivity contribution in [3.05, 3.63) is 153 Å². The van der Waals surface area contributed by atoms with E-state index in [4.69, 9.17) is 16.6 Å². The van der Waals surface area contributed by atoms with Gasteiger partial charge < -0.3 is 10.6 Å². The fraction of sp³-hybridized carbons (Fsp3) is 0.108. The first-order chi connectivity index (χ1) is 23.0. The van der Waals surface area contributed by atoms with Gasteiger partial charge in [-0.25, -0.2) is 4.99 Å². The minimum absolute atomic E-state index is 0.214. The number of amidine groups is 1. The Labute approximate surface area is 286 Å². The molecular weight excluding hydrogens is 646 g/mol. The maximum absolute atomic E-state index is 14.2. The molecule has 3 unspecified atom stereocenters. The molecule has 47 heavy (non-hydrogen) atoms. The van der Waals surface area contributed by atoms with Crippen LogP contribution in [0, 0.1) is 6.92 Å². The fourth-order valence-electron chi connectivity index (χ4n) is 5.67. The van der Waals surface area contributed by atoms with Gasteiger partial charge in [-0.2, -0.15) is 0 Å². The number of carbonyl (C=O) groups is 2. The topological polar surface area (TPSA) is 85.8 Å². The van der Waals surface area contributed by atoms with Crippen LogP contribution in [0.1, 0.15) is 43.4 Å². The number of nitrogens with one attached hydrogen (secondary N) is 3. The third-order valence-electron chi connectivity index (χ3n) is 7.97. The minimum atomic E-state index is -0.339. The Kier molecular flexibility index (Phi) is 8.84. The molecule has 1 aromatic heterocycles. The van der Waals surface area contributed by atoms with E-state index in [1.165, 1.54) is 11.3 Å². The van der Waals surface area contributed by atoms with E-state index < -0.39 is 0 Å². The van der Waals surface area contributed by atoms with Gasteiger partial charge in [-0.1, -0.05) is 96.5 Å². The molecular formula is C37H30ClN5O2S2. The standard InChI is InChI=1S/C37H30ClN5O2S2/c1-23-22-46-37(41-35(44)25-14-6-3-7-15-25)31(23)36(45)42-43-30(21-20-24-12-4-2-5-13-24)47-33-32(26-16-8-9-17-27(26)38)39-28-18-10-11-19-29(28)40-34(33)43/h2-22,30,32-33,39H,1H3,(H,41,44)(H,42,45)/b21-20+. The van der Waals surface area contributed by atoms with Crippen LogP contribution in [0.25, 0.3) is 6.08 Å². The Morgan fingerprint density at radius 2 is 1.60 bits per heavy atom. The summed E-state index contributed by atoms with van der Waals surface area (Å²) in [6, 6.07) is 34.5. The highest BCUT2D eigenvalue weighted by Gasteiger charge is 2.45. The summed E-state index contributed by atoms with van der Waals surface area (Å²) < 4.78 is 0. The second-order valence-electron chi connectivity index (χ2n) is 11.1. The van der Waals surface area contributed by atoms with E-state index in [-0.39, 0.29) is 28.5 Å². The number of anilines is 2. The number of para-hydroxylation sites is 2. The number of hydrogen-bond acceptors (Lipinski definition) is 7. The van der Waals surface area contributed by atoms with E-state index in [1.54, 1.807) is 23.9 Å². The van der Waals surface area contributed by atoms with Crippen molar-refractivity contribution in [3.8, 4) is 0 Å². The van der Waals surface area contributed by atoms with E-state index in [9.17, 15) is 9.59 Å². The maximum Gasteiger partial charge on any atom is 0.273 e. The van der Waals surface area contributed by atoms with E-state index >= 15 is 0 Å². The molecule has 0 aliphatic carbocycles. The van der Waals surface area contributed by atoms with Crippen molar-refractivity contribution in [2.24, 2.45) is 4.99 Å². The van der Waals surface area contributed by atoms with Gasteiger partial charge in [0.15, 0.2) is 0 Å². The first kappa shape index (κ1) is 30.8. The van der Waals surface area contributed by atoms with Gasteiger partial charge in [-0.3, -0.25) is 20.0 Å². The number of nitrogens with zero attached hydrogens (tertiary/aromatic N) is 2. The van der Waals surface area contributed by atoms with Crippen molar-refractivity contribution in [2.75, 3.05) is 10.6 Å². The summed E-state index contributed by atoms with van der Waals surface area (Å²) in [5, 5.41) is 11.0. The molecule has 4 aromatic carbocycles. The Morgan fingerprint density at radius 3 is 2.38 bits per heavy atom. The van der Waals surface area contributed by atoms with Crippen molar-refractivity contribution in [1.29, 1.82) is 0 Å². The van der Waals surface area contributed by atoms with E-state index in [0.717, 1.165) is 28.1 Å². The maximum atomic E-state index is 14.2. The zero-order chi connectivity index (χ0) is 32.3. The van der Waals surface area contributed by atoms with Crippen molar-refractivity contribution < 1.29 is 9.59 Å². The fourth-order valence-corrected chi connectivity index (χ4v) is 8.27. The summed E-state index contributed by atoms with van der Waals surface area (Å²) in [6.45, 7) is 1.87. The molecule has 1 fully saturated rings.